The molecule has 13 heavy (non-hydrogen) atoms. The van der Waals surface area contributed by atoms with Crippen LogP contribution < -0.4 is 0 Å². The largest absolute Gasteiger partial charge is 0.504 e. The summed E-state index contributed by atoms with van der Waals surface area (Å²) in [6.07, 6.45) is 1.33. The molecule has 2 heterocycles. The number of hydrogen-bond donors (Lipinski definition) is 1. The second-order valence-corrected chi connectivity index (χ2v) is 3.84. The van der Waals surface area contributed by atoms with Crippen molar-refractivity contribution in [2.75, 3.05) is 0 Å². The Morgan fingerprint density at radius 3 is 2.62 bits per heavy atom. The van der Waals surface area contributed by atoms with E-state index in [-0.39, 0.29) is 5.75 Å². The molecule has 0 atom stereocenters. The van der Waals surface area contributed by atoms with Crippen LogP contribution in [0.2, 0.25) is 0 Å². The van der Waals surface area contributed by atoms with Gasteiger partial charge in [0.15, 0.2) is 15.0 Å². The summed E-state index contributed by atoms with van der Waals surface area (Å²) in [6, 6.07) is 3.49. The molecule has 2 aromatic rings. The smallest absolute Gasteiger partial charge is 0.222 e. The predicted molar refractivity (Wildman–Crippen MR) is 52.9 cm³/mol. The molecule has 4 nitrogen and oxygen atoms in total. The van der Waals surface area contributed by atoms with Crippen molar-refractivity contribution in [3.63, 3.8) is 0 Å². The Bertz CT molecular complexity index is 435. The quantitative estimate of drug-likeness (QED) is 0.881. The molecule has 68 valence electrons. The van der Waals surface area contributed by atoms with Crippen molar-refractivity contribution < 1.29 is 9.52 Å². The van der Waals surface area contributed by atoms with Crippen LogP contribution in [0.4, 0.5) is 0 Å². The first kappa shape index (κ1) is 8.83. The zero-order valence-electron chi connectivity index (χ0n) is 6.24. The van der Waals surface area contributed by atoms with E-state index in [0.717, 1.165) is 0 Å². The van der Waals surface area contributed by atoms with E-state index in [9.17, 15) is 5.11 Å². The molecule has 6 heteroatoms. The predicted octanol–water partition coefficient (Wildman–Crippen LogP) is 2.70. The van der Waals surface area contributed by atoms with E-state index < -0.39 is 0 Å². The van der Waals surface area contributed by atoms with Crippen LogP contribution in [0.25, 0.3) is 5.88 Å². The minimum absolute atomic E-state index is 0.0764. The minimum atomic E-state index is 0.0764. The van der Waals surface area contributed by atoms with Gasteiger partial charge in [-0.2, -0.15) is 9.78 Å². The van der Waals surface area contributed by atoms with Crippen LogP contribution in [0, 0.1) is 0 Å². The van der Waals surface area contributed by atoms with Crippen molar-refractivity contribution in [2.45, 2.75) is 0 Å². The molecule has 2 aromatic heterocycles. The molecule has 0 aliphatic heterocycles. The number of hydrogen-bond acceptors (Lipinski definition) is 3. The molecule has 0 saturated heterocycles. The van der Waals surface area contributed by atoms with Gasteiger partial charge >= 0.3 is 0 Å². The third kappa shape index (κ3) is 1.51. The second kappa shape index (κ2) is 3.19. The molecule has 0 aromatic carbocycles. The van der Waals surface area contributed by atoms with Gasteiger partial charge in [0, 0.05) is 6.07 Å². The van der Waals surface area contributed by atoms with Gasteiger partial charge in [-0.15, -0.1) is 0 Å². The highest BCUT2D eigenvalue weighted by atomic mass is 79.9. The standard InChI is InChI=1S/C7H4Br2N2O2/c8-5-1-2-6(13-5)11-7(9)4(12)3-10-11/h1-3,12H. The molecule has 0 spiro atoms. The van der Waals surface area contributed by atoms with Crippen molar-refractivity contribution >= 4 is 31.9 Å². The topological polar surface area (TPSA) is 51.2 Å². The molecule has 0 unspecified atom stereocenters. The van der Waals surface area contributed by atoms with Crippen LogP contribution in [0.1, 0.15) is 0 Å². The molecule has 0 bridgehead atoms. The Morgan fingerprint density at radius 1 is 1.38 bits per heavy atom. The number of aromatic nitrogens is 2. The third-order valence-electron chi connectivity index (χ3n) is 1.46. The fraction of sp³-hybridized carbons (Fsp3) is 0. The summed E-state index contributed by atoms with van der Waals surface area (Å²) in [4.78, 5) is 0. The summed E-state index contributed by atoms with van der Waals surface area (Å²) in [5, 5.41) is 13.1. The lowest BCUT2D eigenvalue weighted by Crippen LogP contribution is -1.93. The minimum Gasteiger partial charge on any atom is -0.504 e. The highest BCUT2D eigenvalue weighted by Gasteiger charge is 2.10. The maximum absolute atomic E-state index is 9.22. The lowest BCUT2D eigenvalue weighted by molar-refractivity contribution is 0.466. The van der Waals surface area contributed by atoms with E-state index in [4.69, 9.17) is 4.42 Å². The van der Waals surface area contributed by atoms with Crippen molar-refractivity contribution in [3.8, 4) is 11.6 Å². The van der Waals surface area contributed by atoms with Gasteiger partial charge in [-0.3, -0.25) is 0 Å². The normalized spacial score (nSPS) is 10.6. The summed E-state index contributed by atoms with van der Waals surface area (Å²) >= 11 is 6.35. The number of nitrogens with zero attached hydrogens (tertiary/aromatic N) is 2. The molecule has 0 fully saturated rings. The van der Waals surface area contributed by atoms with Crippen LogP contribution in [-0.2, 0) is 0 Å². The van der Waals surface area contributed by atoms with Gasteiger partial charge in [0.25, 0.3) is 0 Å². The van der Waals surface area contributed by atoms with Crippen LogP contribution in [-0.4, -0.2) is 14.9 Å². The third-order valence-corrected chi connectivity index (χ3v) is 2.63. The Hall–Kier alpha value is -0.750. The van der Waals surface area contributed by atoms with Crippen molar-refractivity contribution in [3.05, 3.63) is 27.6 Å². The molecule has 0 amide bonds. The Morgan fingerprint density at radius 2 is 2.15 bits per heavy atom. The summed E-state index contributed by atoms with van der Waals surface area (Å²) in [5.74, 6) is 0.603. The van der Waals surface area contributed by atoms with E-state index in [0.29, 0.717) is 15.2 Å². The van der Waals surface area contributed by atoms with Gasteiger partial charge in [-0.25, -0.2) is 0 Å². The molecular formula is C7H4Br2N2O2. The Kier molecular flexibility index (Phi) is 2.17. The fourth-order valence-corrected chi connectivity index (χ4v) is 1.56. The van der Waals surface area contributed by atoms with Crippen LogP contribution in [0.15, 0.2) is 32.0 Å². The molecule has 0 aliphatic rings. The van der Waals surface area contributed by atoms with Crippen molar-refractivity contribution in [1.29, 1.82) is 0 Å². The zero-order chi connectivity index (χ0) is 9.42. The van der Waals surface area contributed by atoms with E-state index in [1.165, 1.54) is 10.9 Å². The zero-order valence-corrected chi connectivity index (χ0v) is 9.41. The molecule has 0 radical (unpaired) electrons. The van der Waals surface area contributed by atoms with Gasteiger partial charge < -0.3 is 9.52 Å². The first-order chi connectivity index (χ1) is 6.18. The molecule has 0 saturated carbocycles. The second-order valence-electron chi connectivity index (χ2n) is 2.31. The van der Waals surface area contributed by atoms with Gasteiger partial charge in [0.2, 0.25) is 5.88 Å². The van der Waals surface area contributed by atoms with Gasteiger partial charge in [-0.05, 0) is 37.9 Å². The van der Waals surface area contributed by atoms with Gasteiger partial charge in [0.05, 0.1) is 6.20 Å². The summed E-state index contributed by atoms with van der Waals surface area (Å²) in [6.45, 7) is 0. The monoisotopic (exact) mass is 306 g/mol. The molecular weight excluding hydrogens is 304 g/mol. The van der Waals surface area contributed by atoms with Crippen LogP contribution >= 0.6 is 31.9 Å². The lowest BCUT2D eigenvalue weighted by Gasteiger charge is -1.96. The van der Waals surface area contributed by atoms with E-state index in [2.05, 4.69) is 37.0 Å². The fourth-order valence-electron chi connectivity index (χ4n) is 0.897. The van der Waals surface area contributed by atoms with Gasteiger partial charge in [0.1, 0.15) is 0 Å². The maximum Gasteiger partial charge on any atom is 0.222 e. The maximum atomic E-state index is 9.22. The van der Waals surface area contributed by atoms with E-state index in [1.807, 2.05) is 0 Å². The van der Waals surface area contributed by atoms with Gasteiger partial charge in [-0.1, -0.05) is 0 Å². The van der Waals surface area contributed by atoms with Crippen molar-refractivity contribution in [1.82, 2.24) is 9.78 Å². The van der Waals surface area contributed by atoms with Crippen molar-refractivity contribution in [2.24, 2.45) is 0 Å². The lowest BCUT2D eigenvalue weighted by atomic mass is 10.6. The van der Waals surface area contributed by atoms with Crippen LogP contribution in [0.3, 0.4) is 0 Å². The first-order valence-corrected chi connectivity index (χ1v) is 4.95. The number of halogens is 2. The van der Waals surface area contributed by atoms with E-state index >= 15 is 0 Å². The molecule has 1 N–H and O–H groups in total. The van der Waals surface area contributed by atoms with Crippen LogP contribution in [0.5, 0.6) is 5.75 Å². The number of rotatable bonds is 1. The average Bonchev–Trinajstić information content (AvgIpc) is 2.62. The summed E-state index contributed by atoms with van der Waals surface area (Å²) in [7, 11) is 0. The summed E-state index contributed by atoms with van der Waals surface area (Å²) < 4.78 is 7.77. The molecule has 0 aliphatic carbocycles. The number of furan rings is 1. The van der Waals surface area contributed by atoms with E-state index in [1.54, 1.807) is 12.1 Å². The number of aromatic hydroxyl groups is 1. The highest BCUT2D eigenvalue weighted by molar-refractivity contribution is 9.10. The molecule has 2 rings (SSSR count). The Labute approximate surface area is 90.4 Å². The first-order valence-electron chi connectivity index (χ1n) is 3.36. The highest BCUT2D eigenvalue weighted by Crippen LogP contribution is 2.27. The average molecular weight is 308 g/mol. The SMILES string of the molecule is Oc1cnn(-c2ccc(Br)o2)c1Br. The Balaban J connectivity index is 2.52. The summed E-state index contributed by atoms with van der Waals surface area (Å²) in [5.41, 5.74) is 0.